The maximum Gasteiger partial charge on any atom is 0.407 e. The summed E-state index contributed by atoms with van der Waals surface area (Å²) in [5.74, 6) is -4.25. The zero-order valence-corrected chi connectivity index (χ0v) is 38.2. The van der Waals surface area contributed by atoms with E-state index in [1.54, 1.807) is 38.1 Å². The molecular weight excluding hydrogens is 844 g/mol. The summed E-state index contributed by atoms with van der Waals surface area (Å²) in [7, 11) is 0. The first-order valence-corrected chi connectivity index (χ1v) is 20.5. The number of aliphatic hydroxyl groups excluding tert-OH is 2. The van der Waals surface area contributed by atoms with Crippen LogP contribution in [0.25, 0.3) is 0 Å². The van der Waals surface area contributed by atoms with Crippen LogP contribution in [-0.2, 0) is 79.9 Å². The van der Waals surface area contributed by atoms with Crippen LogP contribution in [-0.4, -0.2) is 122 Å². The van der Waals surface area contributed by atoms with Crippen molar-refractivity contribution in [3.63, 3.8) is 0 Å². The Hall–Kier alpha value is -6.28. The molecule has 1 saturated heterocycles. The van der Waals surface area contributed by atoms with Gasteiger partial charge in [-0.25, -0.2) is 28.8 Å². The lowest BCUT2D eigenvalue weighted by Gasteiger charge is -2.27. The Bertz CT molecular complexity index is 1740. The molecule has 0 aromatic heterocycles. The molecule has 0 bridgehead atoms. The van der Waals surface area contributed by atoms with Crippen LogP contribution >= 0.6 is 0 Å². The molecule has 2 aromatic carbocycles. The van der Waals surface area contributed by atoms with Gasteiger partial charge in [-0.05, 0) is 66.5 Å². The number of aliphatic hydroxyl groups is 2. The van der Waals surface area contributed by atoms with E-state index in [9.17, 15) is 43.5 Å². The van der Waals surface area contributed by atoms with E-state index in [0.717, 1.165) is 11.1 Å². The monoisotopic (exact) mass is 908 g/mol. The highest BCUT2D eigenvalue weighted by Crippen LogP contribution is 2.22. The summed E-state index contributed by atoms with van der Waals surface area (Å²) >= 11 is 0. The van der Waals surface area contributed by atoms with E-state index in [2.05, 4.69) is 20.1 Å². The third-order valence-corrected chi connectivity index (χ3v) is 8.19. The Morgan fingerprint density at radius 1 is 0.641 bits per heavy atom. The molecule has 6 unspecified atom stereocenters. The average molecular weight is 909 g/mol. The van der Waals surface area contributed by atoms with E-state index in [-0.39, 0.29) is 19.8 Å². The Balaban J connectivity index is 0.00000103. The van der Waals surface area contributed by atoms with E-state index in [4.69, 9.17) is 33.5 Å². The molecule has 1 fully saturated rings. The molecule has 4 N–H and O–H groups in total. The molecule has 0 aliphatic carbocycles. The number of amides is 2. The Kier molecular flexibility index (Phi) is 27.7. The summed E-state index contributed by atoms with van der Waals surface area (Å²) in [5, 5.41) is 23.4. The summed E-state index contributed by atoms with van der Waals surface area (Å²) in [6.45, 7) is 15.0. The number of alkyl carbamates (subject to hydrolysis) is 2. The molecule has 1 heterocycles. The maximum atomic E-state index is 12.7. The van der Waals surface area contributed by atoms with Crippen molar-refractivity contribution >= 4 is 48.0 Å². The van der Waals surface area contributed by atoms with Crippen molar-refractivity contribution in [1.82, 2.24) is 10.6 Å². The van der Waals surface area contributed by atoms with E-state index in [0.29, 0.717) is 13.1 Å². The number of esters is 6. The maximum absolute atomic E-state index is 12.7. The number of carbonyl (C=O) groups is 8. The van der Waals surface area contributed by atoms with Crippen LogP contribution in [0.3, 0.4) is 0 Å². The van der Waals surface area contributed by atoms with Gasteiger partial charge >= 0.3 is 48.0 Å². The van der Waals surface area contributed by atoms with Gasteiger partial charge < -0.3 is 58.7 Å². The average Bonchev–Trinajstić information content (AvgIpc) is 3.28. The van der Waals surface area contributed by atoms with Gasteiger partial charge in [0, 0.05) is 13.1 Å². The largest absolute Gasteiger partial charge is 0.462 e. The molecule has 3 rings (SSSR count). The fourth-order valence-electron chi connectivity index (χ4n) is 4.27. The van der Waals surface area contributed by atoms with Crippen LogP contribution in [0.4, 0.5) is 9.59 Å². The van der Waals surface area contributed by atoms with Crippen molar-refractivity contribution in [2.45, 2.75) is 107 Å². The molecular formula is C44H64N2O18. The summed E-state index contributed by atoms with van der Waals surface area (Å²) in [6.07, 6.45) is -5.58. The SMILES string of the molecule is CC.CC1OC(=O)C(C)OC1=O.CCNC(=O)OCC(C)(CO)C(=O)OCc1ccccc1.CCNC(=O)OCC(C)(COC(=O)C(C)OC(=O)C(C)O)C(=O)OCc1ccccc1. The summed E-state index contributed by atoms with van der Waals surface area (Å²) in [5.41, 5.74) is -1.20. The second-order valence-electron chi connectivity index (χ2n) is 14.1. The van der Waals surface area contributed by atoms with E-state index in [1.165, 1.54) is 41.5 Å². The van der Waals surface area contributed by atoms with Crippen molar-refractivity contribution in [2.24, 2.45) is 10.8 Å². The molecule has 0 spiro atoms. The molecule has 20 heteroatoms. The lowest BCUT2D eigenvalue weighted by atomic mass is 9.93. The van der Waals surface area contributed by atoms with Crippen molar-refractivity contribution in [1.29, 1.82) is 0 Å². The number of ether oxygens (including phenoxy) is 8. The minimum atomic E-state index is -1.51. The van der Waals surface area contributed by atoms with Gasteiger partial charge in [0.2, 0.25) is 0 Å². The molecule has 20 nitrogen and oxygen atoms in total. The first-order valence-electron chi connectivity index (χ1n) is 20.5. The van der Waals surface area contributed by atoms with E-state index < -0.39 is 103 Å². The van der Waals surface area contributed by atoms with Crippen LogP contribution in [0.2, 0.25) is 0 Å². The molecule has 358 valence electrons. The third-order valence-electron chi connectivity index (χ3n) is 8.19. The number of hydrogen-bond acceptors (Lipinski definition) is 18. The van der Waals surface area contributed by atoms with Gasteiger partial charge in [0.05, 0.1) is 6.61 Å². The van der Waals surface area contributed by atoms with Gasteiger partial charge in [0.15, 0.2) is 18.3 Å². The normalized spacial score (nSPS) is 16.5. The minimum Gasteiger partial charge on any atom is -0.462 e. The molecule has 2 amide bonds. The van der Waals surface area contributed by atoms with Gasteiger partial charge in [-0.15, -0.1) is 0 Å². The Morgan fingerprint density at radius 3 is 1.39 bits per heavy atom. The van der Waals surface area contributed by atoms with Crippen LogP contribution in [0.5, 0.6) is 0 Å². The van der Waals surface area contributed by atoms with Crippen LogP contribution in [0.1, 0.15) is 80.4 Å². The lowest BCUT2D eigenvalue weighted by molar-refractivity contribution is -0.191. The van der Waals surface area contributed by atoms with Crippen molar-refractivity contribution in [3.8, 4) is 0 Å². The summed E-state index contributed by atoms with van der Waals surface area (Å²) in [4.78, 5) is 92.5. The van der Waals surface area contributed by atoms with Gasteiger partial charge in [-0.1, -0.05) is 74.5 Å². The second kappa shape index (κ2) is 30.7. The fourth-order valence-corrected chi connectivity index (χ4v) is 4.27. The second-order valence-corrected chi connectivity index (χ2v) is 14.1. The van der Waals surface area contributed by atoms with Crippen LogP contribution < -0.4 is 10.6 Å². The quantitative estimate of drug-likeness (QED) is 0.123. The highest BCUT2D eigenvalue weighted by atomic mass is 16.6. The van der Waals surface area contributed by atoms with Gasteiger partial charge in [0.1, 0.15) is 50.0 Å². The van der Waals surface area contributed by atoms with E-state index in [1.807, 2.05) is 50.2 Å². The zero-order chi connectivity index (χ0) is 48.9. The Labute approximate surface area is 373 Å². The van der Waals surface area contributed by atoms with Crippen molar-refractivity contribution in [3.05, 3.63) is 71.8 Å². The highest BCUT2D eigenvalue weighted by molar-refractivity contribution is 5.87. The number of cyclic esters (lactones) is 2. The predicted octanol–water partition coefficient (Wildman–Crippen LogP) is 3.70. The van der Waals surface area contributed by atoms with Gasteiger partial charge in [-0.2, -0.15) is 0 Å². The van der Waals surface area contributed by atoms with Gasteiger partial charge in [0.25, 0.3) is 0 Å². The van der Waals surface area contributed by atoms with Crippen molar-refractivity contribution < 1.29 is 86.5 Å². The standard InChI is InChI=1S/C21H29NO9.C15H21NO5.C6H8O4.C2H6/c1-5-22-20(27)30-13-21(4,19(26)28-11-16-9-7-6-8-10-16)12-29-18(25)15(3)31-17(24)14(2)23;1-3-16-14(19)21-11-15(2,10-17)13(18)20-9-12-7-5-4-6-8-12;1-3-5(7)10-4(2)6(8)9-3;1-2/h6-10,14-15,23H,5,11-13H2,1-4H3,(H,22,27);4-8,17H,3,9-11H2,1-2H3,(H,16,19);3-4H,1-2H3;1-2H3. The zero-order valence-electron chi connectivity index (χ0n) is 38.2. The Morgan fingerprint density at radius 2 is 1.02 bits per heavy atom. The number of rotatable bonds is 18. The van der Waals surface area contributed by atoms with Crippen LogP contribution in [0.15, 0.2) is 60.7 Å². The highest BCUT2D eigenvalue weighted by Gasteiger charge is 2.40. The molecule has 64 heavy (non-hydrogen) atoms. The molecule has 0 saturated carbocycles. The van der Waals surface area contributed by atoms with Crippen LogP contribution in [0, 0.1) is 10.8 Å². The number of benzene rings is 2. The first-order chi connectivity index (χ1) is 30.2. The smallest absolute Gasteiger partial charge is 0.407 e. The fraction of sp³-hybridized carbons (Fsp3) is 0.545. The third kappa shape index (κ3) is 22.2. The van der Waals surface area contributed by atoms with E-state index >= 15 is 0 Å². The first kappa shape index (κ1) is 57.7. The topological polar surface area (TPSA) is 275 Å². The lowest BCUT2D eigenvalue weighted by Crippen LogP contribution is -2.42. The number of hydrogen-bond donors (Lipinski definition) is 4. The van der Waals surface area contributed by atoms with Crippen molar-refractivity contribution in [2.75, 3.05) is 39.5 Å². The number of nitrogens with one attached hydrogen (secondary N) is 2. The summed E-state index contributed by atoms with van der Waals surface area (Å²) < 4.78 is 39.5. The molecule has 6 atom stereocenters. The minimum absolute atomic E-state index is 0.0211. The molecule has 2 aromatic rings. The molecule has 0 radical (unpaired) electrons. The summed E-state index contributed by atoms with van der Waals surface area (Å²) in [6, 6.07) is 18.1. The molecule has 1 aliphatic heterocycles. The molecule has 1 aliphatic rings. The number of carbonyl (C=O) groups excluding carboxylic acids is 8. The van der Waals surface area contributed by atoms with Gasteiger partial charge in [-0.3, -0.25) is 9.59 Å². The predicted molar refractivity (Wildman–Crippen MR) is 226 cm³/mol.